The maximum atomic E-state index is 5.46. The zero-order valence-corrected chi connectivity index (χ0v) is 11.5. The Bertz CT molecular complexity index is 268. The monoisotopic (exact) mass is 237 g/mol. The fourth-order valence-electron chi connectivity index (χ4n) is 3.16. The standard InChI is InChI=1S/C15H27NO/c1-11-5-4-6-12(2)15(11)9-16-13(3)14-7-8-17-10-14/h5,12-16H,4,6-10H2,1-3H3. The Morgan fingerprint density at radius 2 is 2.29 bits per heavy atom. The van der Waals surface area contributed by atoms with Gasteiger partial charge in [-0.25, -0.2) is 0 Å². The average Bonchev–Trinajstić information content (AvgIpc) is 2.81. The highest BCUT2D eigenvalue weighted by atomic mass is 16.5. The SMILES string of the molecule is CC1=CCCC(C)C1CNC(C)C1CCOC1. The third-order valence-electron chi connectivity index (χ3n) is 4.69. The highest BCUT2D eigenvalue weighted by molar-refractivity contribution is 5.09. The lowest BCUT2D eigenvalue weighted by Crippen LogP contribution is -2.39. The fourth-order valence-corrected chi connectivity index (χ4v) is 3.16. The predicted octanol–water partition coefficient (Wildman–Crippen LogP) is 2.99. The summed E-state index contributed by atoms with van der Waals surface area (Å²) in [5, 5.41) is 3.73. The smallest absolute Gasteiger partial charge is 0.0509 e. The lowest BCUT2D eigenvalue weighted by atomic mass is 9.80. The Morgan fingerprint density at radius 3 is 2.94 bits per heavy atom. The first-order valence-electron chi connectivity index (χ1n) is 7.16. The van der Waals surface area contributed by atoms with Crippen LogP contribution in [0.15, 0.2) is 11.6 Å². The van der Waals surface area contributed by atoms with E-state index in [0.29, 0.717) is 6.04 Å². The van der Waals surface area contributed by atoms with Crippen LogP contribution in [0.1, 0.15) is 40.0 Å². The zero-order chi connectivity index (χ0) is 12.3. The van der Waals surface area contributed by atoms with Gasteiger partial charge in [0, 0.05) is 19.2 Å². The number of rotatable bonds is 4. The molecule has 0 bridgehead atoms. The average molecular weight is 237 g/mol. The van der Waals surface area contributed by atoms with Crippen LogP contribution in [-0.2, 0) is 4.74 Å². The molecule has 1 N–H and O–H groups in total. The van der Waals surface area contributed by atoms with Crippen LogP contribution in [0.25, 0.3) is 0 Å². The molecule has 17 heavy (non-hydrogen) atoms. The van der Waals surface area contributed by atoms with E-state index in [9.17, 15) is 0 Å². The summed E-state index contributed by atoms with van der Waals surface area (Å²) in [6.45, 7) is 10.0. The summed E-state index contributed by atoms with van der Waals surface area (Å²) in [5.41, 5.74) is 1.59. The van der Waals surface area contributed by atoms with E-state index in [1.165, 1.54) is 19.3 Å². The number of allylic oxidation sites excluding steroid dienone is 1. The summed E-state index contributed by atoms with van der Waals surface area (Å²) in [7, 11) is 0. The second-order valence-electron chi connectivity index (χ2n) is 5.93. The maximum Gasteiger partial charge on any atom is 0.0509 e. The van der Waals surface area contributed by atoms with Crippen molar-refractivity contribution in [2.24, 2.45) is 17.8 Å². The van der Waals surface area contributed by atoms with Gasteiger partial charge < -0.3 is 10.1 Å². The van der Waals surface area contributed by atoms with E-state index in [0.717, 1.165) is 37.5 Å². The molecule has 1 heterocycles. The van der Waals surface area contributed by atoms with Gasteiger partial charge in [0.1, 0.15) is 0 Å². The van der Waals surface area contributed by atoms with Gasteiger partial charge in [0.15, 0.2) is 0 Å². The molecular weight excluding hydrogens is 210 g/mol. The van der Waals surface area contributed by atoms with E-state index >= 15 is 0 Å². The molecule has 0 aromatic rings. The molecule has 4 atom stereocenters. The van der Waals surface area contributed by atoms with Crippen molar-refractivity contribution in [3.05, 3.63) is 11.6 Å². The van der Waals surface area contributed by atoms with Crippen LogP contribution < -0.4 is 5.32 Å². The van der Waals surface area contributed by atoms with Crippen molar-refractivity contribution in [3.8, 4) is 0 Å². The number of hydrogen-bond acceptors (Lipinski definition) is 2. The van der Waals surface area contributed by atoms with Gasteiger partial charge in [-0.05, 0) is 50.9 Å². The molecule has 1 aliphatic carbocycles. The Labute approximate surface area is 106 Å². The van der Waals surface area contributed by atoms with Crippen molar-refractivity contribution in [3.63, 3.8) is 0 Å². The molecule has 2 nitrogen and oxygen atoms in total. The van der Waals surface area contributed by atoms with E-state index < -0.39 is 0 Å². The van der Waals surface area contributed by atoms with Crippen molar-refractivity contribution in [1.29, 1.82) is 0 Å². The third kappa shape index (κ3) is 3.32. The van der Waals surface area contributed by atoms with Gasteiger partial charge in [-0.3, -0.25) is 0 Å². The Hall–Kier alpha value is -0.340. The molecule has 2 rings (SSSR count). The maximum absolute atomic E-state index is 5.46. The van der Waals surface area contributed by atoms with Gasteiger partial charge in [0.25, 0.3) is 0 Å². The van der Waals surface area contributed by atoms with Gasteiger partial charge >= 0.3 is 0 Å². The Kier molecular flexibility index (Phi) is 4.63. The van der Waals surface area contributed by atoms with Gasteiger partial charge in [0.05, 0.1) is 6.61 Å². The number of nitrogens with one attached hydrogen (secondary N) is 1. The predicted molar refractivity (Wildman–Crippen MR) is 72.0 cm³/mol. The van der Waals surface area contributed by atoms with E-state index in [2.05, 4.69) is 32.2 Å². The Morgan fingerprint density at radius 1 is 1.47 bits per heavy atom. The van der Waals surface area contributed by atoms with Crippen molar-refractivity contribution in [1.82, 2.24) is 5.32 Å². The minimum atomic E-state index is 0.597. The van der Waals surface area contributed by atoms with Crippen LogP contribution in [0, 0.1) is 17.8 Å². The first-order chi connectivity index (χ1) is 8.18. The fraction of sp³-hybridized carbons (Fsp3) is 0.867. The van der Waals surface area contributed by atoms with E-state index in [1.807, 2.05) is 0 Å². The van der Waals surface area contributed by atoms with E-state index in [-0.39, 0.29) is 0 Å². The summed E-state index contributed by atoms with van der Waals surface area (Å²) in [6.07, 6.45) is 6.28. The molecule has 0 aromatic heterocycles. The molecule has 0 radical (unpaired) electrons. The van der Waals surface area contributed by atoms with E-state index in [4.69, 9.17) is 4.74 Å². The molecule has 98 valence electrons. The normalized spacial score (nSPS) is 35.7. The molecule has 0 saturated carbocycles. The van der Waals surface area contributed by atoms with Crippen LogP contribution in [0.3, 0.4) is 0 Å². The molecule has 0 aromatic carbocycles. The molecule has 4 unspecified atom stereocenters. The van der Waals surface area contributed by atoms with Crippen LogP contribution >= 0.6 is 0 Å². The van der Waals surface area contributed by atoms with Crippen molar-refractivity contribution in [2.45, 2.75) is 46.1 Å². The summed E-state index contributed by atoms with van der Waals surface area (Å²) < 4.78 is 5.46. The second-order valence-corrected chi connectivity index (χ2v) is 5.93. The highest BCUT2D eigenvalue weighted by Crippen LogP contribution is 2.29. The van der Waals surface area contributed by atoms with Gasteiger partial charge in [0.2, 0.25) is 0 Å². The molecule has 1 saturated heterocycles. The lowest BCUT2D eigenvalue weighted by Gasteiger charge is -2.31. The lowest BCUT2D eigenvalue weighted by molar-refractivity contribution is 0.177. The quantitative estimate of drug-likeness (QED) is 0.759. The molecule has 0 amide bonds. The summed E-state index contributed by atoms with van der Waals surface area (Å²) in [6, 6.07) is 0.597. The van der Waals surface area contributed by atoms with Gasteiger partial charge in [-0.2, -0.15) is 0 Å². The minimum Gasteiger partial charge on any atom is -0.381 e. The topological polar surface area (TPSA) is 21.3 Å². The van der Waals surface area contributed by atoms with E-state index in [1.54, 1.807) is 5.57 Å². The molecule has 1 fully saturated rings. The van der Waals surface area contributed by atoms with Crippen LogP contribution in [-0.4, -0.2) is 25.8 Å². The van der Waals surface area contributed by atoms with Crippen molar-refractivity contribution < 1.29 is 4.74 Å². The van der Waals surface area contributed by atoms with Crippen LogP contribution in [0.5, 0.6) is 0 Å². The minimum absolute atomic E-state index is 0.597. The number of hydrogen-bond donors (Lipinski definition) is 1. The molecular formula is C15H27NO. The molecule has 2 aliphatic rings. The van der Waals surface area contributed by atoms with Crippen LogP contribution in [0.2, 0.25) is 0 Å². The summed E-state index contributed by atoms with van der Waals surface area (Å²) >= 11 is 0. The first-order valence-corrected chi connectivity index (χ1v) is 7.16. The molecule has 0 spiro atoms. The second kappa shape index (κ2) is 6.01. The van der Waals surface area contributed by atoms with Crippen molar-refractivity contribution in [2.75, 3.05) is 19.8 Å². The largest absolute Gasteiger partial charge is 0.381 e. The van der Waals surface area contributed by atoms with Crippen LogP contribution in [0.4, 0.5) is 0 Å². The number of ether oxygens (including phenoxy) is 1. The Balaban J connectivity index is 1.80. The summed E-state index contributed by atoms with van der Waals surface area (Å²) in [5.74, 6) is 2.30. The van der Waals surface area contributed by atoms with Gasteiger partial charge in [-0.1, -0.05) is 18.6 Å². The van der Waals surface area contributed by atoms with Crippen molar-refractivity contribution >= 4 is 0 Å². The molecule has 2 heteroatoms. The summed E-state index contributed by atoms with van der Waals surface area (Å²) in [4.78, 5) is 0. The molecule has 1 aliphatic heterocycles. The van der Waals surface area contributed by atoms with Gasteiger partial charge in [-0.15, -0.1) is 0 Å². The highest BCUT2D eigenvalue weighted by Gasteiger charge is 2.25. The first kappa shape index (κ1) is 13.1. The third-order valence-corrected chi connectivity index (χ3v) is 4.69. The zero-order valence-electron chi connectivity index (χ0n) is 11.5.